The Bertz CT molecular complexity index is 331. The monoisotopic (exact) mass is 221 g/mol. The summed E-state index contributed by atoms with van der Waals surface area (Å²) in [5.41, 5.74) is 0.583. The summed E-state index contributed by atoms with van der Waals surface area (Å²) in [5, 5.41) is 3.32. The van der Waals surface area contributed by atoms with Gasteiger partial charge in [0.2, 0.25) is 0 Å². The van der Waals surface area contributed by atoms with Gasteiger partial charge in [0.1, 0.15) is 6.26 Å². The Hall–Kier alpha value is -1.09. The summed E-state index contributed by atoms with van der Waals surface area (Å²) in [7, 11) is 0. The van der Waals surface area contributed by atoms with Crippen LogP contribution >= 0.6 is 0 Å². The topological polar surface area (TPSA) is 42.2 Å². The Morgan fingerprint density at radius 1 is 1.50 bits per heavy atom. The highest BCUT2D eigenvalue weighted by molar-refractivity contribution is 6.00. The molecule has 1 N–H and O–H groups in total. The molecule has 0 saturated carbocycles. The van der Waals surface area contributed by atoms with Crippen molar-refractivity contribution in [1.82, 2.24) is 5.32 Å². The Kier molecular flexibility index (Phi) is 3.44. The third-order valence-electron chi connectivity index (χ3n) is 3.55. The van der Waals surface area contributed by atoms with E-state index in [-0.39, 0.29) is 11.2 Å². The number of ketones is 1. The zero-order valence-electron chi connectivity index (χ0n) is 9.79. The van der Waals surface area contributed by atoms with Crippen LogP contribution in [-0.4, -0.2) is 18.9 Å². The highest BCUT2D eigenvalue weighted by Gasteiger charge is 2.39. The van der Waals surface area contributed by atoms with Gasteiger partial charge in [-0.25, -0.2) is 0 Å². The standard InChI is InChI=1S/C13H19NO2/c1-2-4-13(5-7-14-8-6-13)12(15)11-3-9-16-10-11/h3,9-10,14H,2,4-8H2,1H3. The number of carbonyl (C=O) groups is 1. The normalized spacial score (nSPS) is 19.6. The van der Waals surface area contributed by atoms with E-state index in [0.29, 0.717) is 0 Å². The summed E-state index contributed by atoms with van der Waals surface area (Å²) >= 11 is 0. The molecule has 1 aromatic heterocycles. The summed E-state index contributed by atoms with van der Waals surface area (Å²) in [6.07, 6.45) is 7.09. The summed E-state index contributed by atoms with van der Waals surface area (Å²) in [5.74, 6) is 0.268. The molecule has 2 rings (SSSR count). The number of rotatable bonds is 4. The molecule has 0 unspecified atom stereocenters. The van der Waals surface area contributed by atoms with Crippen molar-refractivity contribution in [1.29, 1.82) is 0 Å². The number of carbonyl (C=O) groups excluding carboxylic acids is 1. The molecule has 1 aliphatic heterocycles. The molecule has 0 aliphatic carbocycles. The van der Waals surface area contributed by atoms with Gasteiger partial charge in [-0.2, -0.15) is 0 Å². The minimum absolute atomic E-state index is 0.149. The number of Topliss-reactive ketones (excluding diaryl/α,β-unsaturated/α-hetero) is 1. The van der Waals surface area contributed by atoms with Crippen LogP contribution in [0.15, 0.2) is 23.0 Å². The SMILES string of the molecule is CCCC1(C(=O)c2ccoc2)CCNCC1. The predicted octanol–water partition coefficient (Wildman–Crippen LogP) is 2.63. The van der Waals surface area contributed by atoms with Crippen molar-refractivity contribution in [2.24, 2.45) is 5.41 Å². The highest BCUT2D eigenvalue weighted by Crippen LogP contribution is 2.37. The van der Waals surface area contributed by atoms with E-state index in [1.54, 1.807) is 18.6 Å². The minimum Gasteiger partial charge on any atom is -0.472 e. The Balaban J connectivity index is 2.21. The summed E-state index contributed by atoms with van der Waals surface area (Å²) in [6, 6.07) is 1.78. The maximum Gasteiger partial charge on any atom is 0.172 e. The van der Waals surface area contributed by atoms with E-state index in [0.717, 1.165) is 44.3 Å². The van der Waals surface area contributed by atoms with E-state index >= 15 is 0 Å². The first-order valence-corrected chi connectivity index (χ1v) is 6.06. The van der Waals surface area contributed by atoms with Crippen LogP contribution in [0.5, 0.6) is 0 Å². The average molecular weight is 221 g/mol. The van der Waals surface area contributed by atoms with Crippen molar-refractivity contribution in [3.8, 4) is 0 Å². The first kappa shape index (κ1) is 11.4. The smallest absolute Gasteiger partial charge is 0.172 e. The van der Waals surface area contributed by atoms with E-state index < -0.39 is 0 Å². The van der Waals surface area contributed by atoms with Gasteiger partial charge in [-0.3, -0.25) is 4.79 Å². The van der Waals surface area contributed by atoms with E-state index in [1.165, 1.54) is 0 Å². The summed E-state index contributed by atoms with van der Waals surface area (Å²) in [4.78, 5) is 12.5. The fraction of sp³-hybridized carbons (Fsp3) is 0.615. The molecule has 0 radical (unpaired) electrons. The summed E-state index contributed by atoms with van der Waals surface area (Å²) < 4.78 is 5.01. The lowest BCUT2D eigenvalue weighted by atomic mass is 9.70. The molecular formula is C13H19NO2. The first-order valence-electron chi connectivity index (χ1n) is 6.06. The van der Waals surface area contributed by atoms with E-state index in [4.69, 9.17) is 4.42 Å². The fourth-order valence-corrected chi connectivity index (χ4v) is 2.67. The highest BCUT2D eigenvalue weighted by atomic mass is 16.3. The maximum absolute atomic E-state index is 12.5. The molecule has 1 aromatic rings. The number of piperidine rings is 1. The van der Waals surface area contributed by atoms with Gasteiger partial charge in [0.05, 0.1) is 11.8 Å². The zero-order chi connectivity index (χ0) is 11.4. The predicted molar refractivity (Wildman–Crippen MR) is 62.5 cm³/mol. The zero-order valence-corrected chi connectivity index (χ0v) is 9.79. The molecule has 1 aliphatic rings. The van der Waals surface area contributed by atoms with Crippen molar-refractivity contribution in [2.45, 2.75) is 32.6 Å². The second-order valence-electron chi connectivity index (χ2n) is 4.62. The van der Waals surface area contributed by atoms with E-state index in [1.807, 2.05) is 0 Å². The third kappa shape index (κ3) is 2.05. The lowest BCUT2D eigenvalue weighted by Crippen LogP contribution is -2.42. The Morgan fingerprint density at radius 3 is 2.81 bits per heavy atom. The maximum atomic E-state index is 12.5. The van der Waals surface area contributed by atoms with E-state index in [9.17, 15) is 4.79 Å². The van der Waals surface area contributed by atoms with Crippen LogP contribution in [0.25, 0.3) is 0 Å². The van der Waals surface area contributed by atoms with Crippen LogP contribution in [0.1, 0.15) is 43.0 Å². The van der Waals surface area contributed by atoms with Gasteiger partial charge >= 0.3 is 0 Å². The molecule has 1 fully saturated rings. The Morgan fingerprint density at radius 2 is 2.25 bits per heavy atom. The van der Waals surface area contributed by atoms with Crippen LogP contribution in [0.4, 0.5) is 0 Å². The Labute approximate surface area is 96.2 Å². The van der Waals surface area contributed by atoms with Crippen molar-refractivity contribution in [3.63, 3.8) is 0 Å². The third-order valence-corrected chi connectivity index (χ3v) is 3.55. The van der Waals surface area contributed by atoms with Gasteiger partial charge in [-0.15, -0.1) is 0 Å². The quantitative estimate of drug-likeness (QED) is 0.795. The van der Waals surface area contributed by atoms with Gasteiger partial charge in [0.25, 0.3) is 0 Å². The number of hydrogen-bond acceptors (Lipinski definition) is 3. The van der Waals surface area contributed by atoms with Crippen LogP contribution in [0.2, 0.25) is 0 Å². The van der Waals surface area contributed by atoms with Gasteiger partial charge < -0.3 is 9.73 Å². The number of furan rings is 1. The molecule has 1 saturated heterocycles. The molecule has 3 nitrogen and oxygen atoms in total. The molecule has 0 amide bonds. The van der Waals surface area contributed by atoms with Gasteiger partial charge in [-0.05, 0) is 38.4 Å². The van der Waals surface area contributed by atoms with Gasteiger partial charge in [0, 0.05) is 5.41 Å². The van der Waals surface area contributed by atoms with Crippen LogP contribution in [0, 0.1) is 5.41 Å². The lowest BCUT2D eigenvalue weighted by molar-refractivity contribution is 0.0703. The molecule has 16 heavy (non-hydrogen) atoms. The molecule has 3 heteroatoms. The molecule has 0 spiro atoms. The number of hydrogen-bond donors (Lipinski definition) is 1. The van der Waals surface area contributed by atoms with Gasteiger partial charge in [-0.1, -0.05) is 13.3 Å². The van der Waals surface area contributed by atoms with Gasteiger partial charge in [0.15, 0.2) is 5.78 Å². The first-order chi connectivity index (χ1) is 7.78. The minimum atomic E-state index is -0.149. The molecule has 88 valence electrons. The second-order valence-corrected chi connectivity index (χ2v) is 4.62. The lowest BCUT2D eigenvalue weighted by Gasteiger charge is -2.35. The van der Waals surface area contributed by atoms with Crippen LogP contribution in [-0.2, 0) is 0 Å². The fourth-order valence-electron chi connectivity index (χ4n) is 2.67. The van der Waals surface area contributed by atoms with Crippen molar-refractivity contribution < 1.29 is 9.21 Å². The number of nitrogens with one attached hydrogen (secondary N) is 1. The molecule has 2 heterocycles. The second kappa shape index (κ2) is 4.83. The molecule has 0 bridgehead atoms. The van der Waals surface area contributed by atoms with E-state index in [2.05, 4.69) is 12.2 Å². The van der Waals surface area contributed by atoms with Crippen molar-refractivity contribution in [2.75, 3.05) is 13.1 Å². The van der Waals surface area contributed by atoms with Crippen molar-refractivity contribution in [3.05, 3.63) is 24.2 Å². The average Bonchev–Trinajstić information content (AvgIpc) is 2.83. The molecular weight excluding hydrogens is 202 g/mol. The molecule has 0 aromatic carbocycles. The van der Waals surface area contributed by atoms with Crippen LogP contribution < -0.4 is 5.32 Å². The van der Waals surface area contributed by atoms with Crippen molar-refractivity contribution >= 4 is 5.78 Å². The van der Waals surface area contributed by atoms with Crippen LogP contribution in [0.3, 0.4) is 0 Å². The largest absolute Gasteiger partial charge is 0.472 e. The summed E-state index contributed by atoms with van der Waals surface area (Å²) in [6.45, 7) is 4.04. The molecule has 0 atom stereocenters.